The Morgan fingerprint density at radius 2 is 1.97 bits per heavy atom. The minimum Gasteiger partial charge on any atom is -0.469 e. The van der Waals surface area contributed by atoms with Gasteiger partial charge in [0.1, 0.15) is 5.52 Å². The maximum absolute atomic E-state index is 12.5. The number of nitrogen functional groups attached to an aromatic ring is 1. The number of anilines is 1. The van der Waals surface area contributed by atoms with Gasteiger partial charge in [-0.15, -0.1) is 0 Å². The van der Waals surface area contributed by atoms with Crippen molar-refractivity contribution in [3.8, 4) is 6.01 Å². The molecular weight excluding hydrogens is 452 g/mol. The summed E-state index contributed by atoms with van der Waals surface area (Å²) >= 11 is 0. The van der Waals surface area contributed by atoms with E-state index in [1.807, 2.05) is 24.3 Å². The standard InChI is InChI=1S/C24H32N6O5/c1-4-5-12-35-23-27-21(25)20-22(28-23)30(24(33)26-20)11-7-10-29(16(2)31)15-18-9-6-8-17(13-18)14-19(32)34-3/h6,8-9,13H,4-5,7,10-12,14-15H2,1-3H3,(H,26,33)(H2,25,27,28). The van der Waals surface area contributed by atoms with Crippen LogP contribution in [0, 0.1) is 0 Å². The van der Waals surface area contributed by atoms with Gasteiger partial charge < -0.3 is 25.1 Å². The monoisotopic (exact) mass is 484 g/mol. The van der Waals surface area contributed by atoms with E-state index in [2.05, 4.69) is 21.9 Å². The van der Waals surface area contributed by atoms with E-state index in [0.717, 1.165) is 24.0 Å². The third kappa shape index (κ3) is 6.81. The van der Waals surface area contributed by atoms with Crippen molar-refractivity contribution in [3.05, 3.63) is 45.9 Å². The molecule has 0 atom stereocenters. The second-order valence-electron chi connectivity index (χ2n) is 8.24. The molecule has 0 bridgehead atoms. The first-order chi connectivity index (χ1) is 16.8. The summed E-state index contributed by atoms with van der Waals surface area (Å²) in [5, 5.41) is 0. The Kier molecular flexibility index (Phi) is 8.82. The molecule has 1 amide bonds. The third-order valence-electron chi connectivity index (χ3n) is 5.56. The molecule has 1 aromatic carbocycles. The highest BCUT2D eigenvalue weighted by atomic mass is 16.5. The first kappa shape index (κ1) is 25.7. The highest BCUT2D eigenvalue weighted by Gasteiger charge is 2.16. The van der Waals surface area contributed by atoms with E-state index >= 15 is 0 Å². The summed E-state index contributed by atoms with van der Waals surface area (Å²) < 4.78 is 11.8. The number of nitrogens with zero attached hydrogens (tertiary/aromatic N) is 4. The predicted molar refractivity (Wildman–Crippen MR) is 131 cm³/mol. The van der Waals surface area contributed by atoms with Crippen molar-refractivity contribution < 1.29 is 19.1 Å². The topological polar surface area (TPSA) is 145 Å². The molecule has 0 radical (unpaired) electrons. The number of aromatic amines is 1. The molecule has 2 heterocycles. The number of carbonyl (C=O) groups is 2. The molecule has 0 saturated carbocycles. The van der Waals surface area contributed by atoms with Gasteiger partial charge in [-0.1, -0.05) is 37.6 Å². The largest absolute Gasteiger partial charge is 0.469 e. The maximum atomic E-state index is 12.5. The zero-order chi connectivity index (χ0) is 25.4. The fourth-order valence-corrected chi connectivity index (χ4v) is 3.68. The van der Waals surface area contributed by atoms with Crippen LogP contribution in [-0.2, 0) is 33.8 Å². The van der Waals surface area contributed by atoms with Gasteiger partial charge in [0.05, 0.1) is 20.1 Å². The number of aromatic nitrogens is 4. The van der Waals surface area contributed by atoms with Gasteiger partial charge >= 0.3 is 17.7 Å². The second-order valence-corrected chi connectivity index (χ2v) is 8.24. The number of esters is 1. The lowest BCUT2D eigenvalue weighted by atomic mass is 10.1. The number of ether oxygens (including phenoxy) is 2. The molecule has 0 unspecified atom stereocenters. The van der Waals surface area contributed by atoms with Crippen LogP contribution >= 0.6 is 0 Å². The number of methoxy groups -OCH3 is 1. The summed E-state index contributed by atoms with van der Waals surface area (Å²) in [7, 11) is 1.35. The Bertz CT molecular complexity index is 1230. The molecular formula is C24H32N6O5. The Hall–Kier alpha value is -3.89. The zero-order valence-corrected chi connectivity index (χ0v) is 20.4. The van der Waals surface area contributed by atoms with E-state index in [1.54, 1.807) is 4.90 Å². The average molecular weight is 485 g/mol. The molecule has 35 heavy (non-hydrogen) atoms. The zero-order valence-electron chi connectivity index (χ0n) is 20.4. The fourth-order valence-electron chi connectivity index (χ4n) is 3.68. The molecule has 0 aliphatic rings. The summed E-state index contributed by atoms with van der Waals surface area (Å²) in [4.78, 5) is 49.2. The van der Waals surface area contributed by atoms with E-state index in [0.29, 0.717) is 43.8 Å². The van der Waals surface area contributed by atoms with Crippen LogP contribution in [-0.4, -0.2) is 56.6 Å². The highest BCUT2D eigenvalue weighted by molar-refractivity contribution is 5.81. The summed E-state index contributed by atoms with van der Waals surface area (Å²) in [6.45, 7) is 5.16. The molecule has 2 aromatic heterocycles. The van der Waals surface area contributed by atoms with Crippen LogP contribution in [0.4, 0.5) is 5.82 Å². The summed E-state index contributed by atoms with van der Waals surface area (Å²) in [6.07, 6.45) is 2.51. The predicted octanol–water partition coefficient (Wildman–Crippen LogP) is 2.03. The van der Waals surface area contributed by atoms with Crippen molar-refractivity contribution in [2.24, 2.45) is 0 Å². The lowest BCUT2D eigenvalue weighted by molar-refractivity contribution is -0.139. The summed E-state index contributed by atoms with van der Waals surface area (Å²) in [5.74, 6) is -0.263. The number of rotatable bonds is 12. The molecule has 3 rings (SSSR count). The normalized spacial score (nSPS) is 10.9. The molecule has 11 nitrogen and oxygen atoms in total. The number of carbonyl (C=O) groups excluding carboxylic acids is 2. The number of nitrogens with one attached hydrogen (secondary N) is 1. The molecule has 0 aliphatic heterocycles. The van der Waals surface area contributed by atoms with Crippen molar-refractivity contribution >= 4 is 28.9 Å². The van der Waals surface area contributed by atoms with Gasteiger partial charge in [0.2, 0.25) is 5.91 Å². The van der Waals surface area contributed by atoms with Crippen molar-refractivity contribution in [2.75, 3.05) is 26.0 Å². The SMILES string of the molecule is CCCCOc1nc(N)c2[nH]c(=O)n(CCCN(Cc3cccc(CC(=O)OC)c3)C(C)=O)c2n1. The van der Waals surface area contributed by atoms with Gasteiger partial charge in [0, 0.05) is 26.6 Å². The molecule has 11 heteroatoms. The van der Waals surface area contributed by atoms with Crippen molar-refractivity contribution in [3.63, 3.8) is 0 Å². The van der Waals surface area contributed by atoms with E-state index in [-0.39, 0.29) is 35.8 Å². The van der Waals surface area contributed by atoms with Gasteiger partial charge in [-0.05, 0) is 24.0 Å². The minimum absolute atomic E-state index is 0.0900. The fraction of sp³-hybridized carbons (Fsp3) is 0.458. The number of benzene rings is 1. The number of unbranched alkanes of at least 4 members (excludes halogenated alkanes) is 1. The molecule has 0 spiro atoms. The van der Waals surface area contributed by atoms with Crippen molar-refractivity contribution in [1.29, 1.82) is 0 Å². The number of aryl methyl sites for hydroxylation is 1. The lowest BCUT2D eigenvalue weighted by Gasteiger charge is -2.21. The quantitative estimate of drug-likeness (QED) is 0.293. The number of H-pyrrole nitrogens is 1. The van der Waals surface area contributed by atoms with Crippen LogP contribution in [0.15, 0.2) is 29.1 Å². The van der Waals surface area contributed by atoms with E-state index < -0.39 is 0 Å². The molecule has 0 fully saturated rings. The van der Waals surface area contributed by atoms with Gasteiger partial charge in [-0.2, -0.15) is 9.97 Å². The van der Waals surface area contributed by atoms with Crippen LogP contribution in [0.1, 0.15) is 44.2 Å². The van der Waals surface area contributed by atoms with E-state index in [1.165, 1.54) is 18.6 Å². The van der Waals surface area contributed by atoms with Gasteiger partial charge in [0.15, 0.2) is 11.5 Å². The first-order valence-electron chi connectivity index (χ1n) is 11.6. The van der Waals surface area contributed by atoms with Gasteiger partial charge in [-0.3, -0.25) is 14.2 Å². The Labute approximate surface area is 203 Å². The van der Waals surface area contributed by atoms with Crippen LogP contribution < -0.4 is 16.2 Å². The van der Waals surface area contributed by atoms with Gasteiger partial charge in [0.25, 0.3) is 0 Å². The third-order valence-corrected chi connectivity index (χ3v) is 5.56. The van der Waals surface area contributed by atoms with Crippen LogP contribution in [0.2, 0.25) is 0 Å². The first-order valence-corrected chi connectivity index (χ1v) is 11.6. The lowest BCUT2D eigenvalue weighted by Crippen LogP contribution is -2.30. The molecule has 3 N–H and O–H groups in total. The summed E-state index contributed by atoms with van der Waals surface area (Å²) in [6, 6.07) is 7.61. The summed E-state index contributed by atoms with van der Waals surface area (Å²) in [5.41, 5.74) is 8.11. The maximum Gasteiger partial charge on any atom is 0.327 e. The van der Waals surface area contributed by atoms with Crippen LogP contribution in [0.3, 0.4) is 0 Å². The highest BCUT2D eigenvalue weighted by Crippen LogP contribution is 2.18. The molecule has 3 aromatic rings. The molecule has 188 valence electrons. The van der Waals surface area contributed by atoms with Crippen LogP contribution in [0.25, 0.3) is 11.2 Å². The Morgan fingerprint density at radius 3 is 2.69 bits per heavy atom. The Morgan fingerprint density at radius 1 is 1.20 bits per heavy atom. The number of nitrogens with two attached hydrogens (primary N) is 1. The molecule has 0 aliphatic carbocycles. The second kappa shape index (κ2) is 12.0. The molecule has 0 saturated heterocycles. The number of amides is 1. The van der Waals surface area contributed by atoms with E-state index in [4.69, 9.17) is 15.2 Å². The smallest absolute Gasteiger partial charge is 0.327 e. The van der Waals surface area contributed by atoms with Crippen molar-refractivity contribution in [1.82, 2.24) is 24.4 Å². The van der Waals surface area contributed by atoms with E-state index in [9.17, 15) is 14.4 Å². The number of fused-ring (bicyclic) bond motifs is 1. The minimum atomic E-state index is -0.350. The van der Waals surface area contributed by atoms with Gasteiger partial charge in [-0.25, -0.2) is 4.79 Å². The van der Waals surface area contributed by atoms with Crippen LogP contribution in [0.5, 0.6) is 6.01 Å². The van der Waals surface area contributed by atoms with Crippen molar-refractivity contribution in [2.45, 2.75) is 52.6 Å². The number of hydrogen-bond donors (Lipinski definition) is 2. The Balaban J connectivity index is 1.69. The number of hydrogen-bond acceptors (Lipinski definition) is 8. The number of imidazole rings is 1. The average Bonchev–Trinajstić information content (AvgIpc) is 3.14.